The molecule has 1 amide bonds. The van der Waals surface area contributed by atoms with Crippen LogP contribution in [0.4, 0.5) is 0 Å². The molecule has 1 aromatic carbocycles. The van der Waals surface area contributed by atoms with Crippen molar-refractivity contribution in [3.05, 3.63) is 47.7 Å². The molecule has 1 aliphatic rings. The SMILES string of the molecule is CC(C)(C)NS(=O)(=O)c1ccc(C(=O)NC[C@H]2Cc3ccccc3O2)o1. The van der Waals surface area contributed by atoms with Crippen LogP contribution in [0.1, 0.15) is 36.9 Å². The number of fused-ring (bicyclic) bond motifs is 1. The molecule has 2 heterocycles. The van der Waals surface area contributed by atoms with Crippen LogP contribution >= 0.6 is 0 Å². The quantitative estimate of drug-likeness (QED) is 0.830. The molecule has 0 fully saturated rings. The maximum absolute atomic E-state index is 12.2. The number of hydrogen-bond acceptors (Lipinski definition) is 5. The van der Waals surface area contributed by atoms with Gasteiger partial charge in [-0.2, -0.15) is 0 Å². The van der Waals surface area contributed by atoms with Crippen LogP contribution in [0.5, 0.6) is 5.75 Å². The van der Waals surface area contributed by atoms with Crippen LogP contribution in [0, 0.1) is 0 Å². The minimum atomic E-state index is -3.82. The molecule has 26 heavy (non-hydrogen) atoms. The first-order chi connectivity index (χ1) is 12.1. The number of nitrogens with one attached hydrogen (secondary N) is 2. The van der Waals surface area contributed by atoms with Gasteiger partial charge in [0.25, 0.3) is 15.9 Å². The second-order valence-corrected chi connectivity index (χ2v) is 8.85. The van der Waals surface area contributed by atoms with E-state index in [-0.39, 0.29) is 17.0 Å². The van der Waals surface area contributed by atoms with Gasteiger partial charge in [-0.25, -0.2) is 13.1 Å². The van der Waals surface area contributed by atoms with E-state index in [2.05, 4.69) is 10.0 Å². The Balaban J connectivity index is 1.59. The molecule has 7 nitrogen and oxygen atoms in total. The summed E-state index contributed by atoms with van der Waals surface area (Å²) >= 11 is 0. The van der Waals surface area contributed by atoms with Gasteiger partial charge in [-0.1, -0.05) is 18.2 Å². The van der Waals surface area contributed by atoms with E-state index in [0.717, 1.165) is 11.3 Å². The Hall–Kier alpha value is -2.32. The topological polar surface area (TPSA) is 97.6 Å². The third-order valence-electron chi connectivity index (χ3n) is 3.71. The second-order valence-electron chi connectivity index (χ2n) is 7.24. The molecule has 1 aromatic heterocycles. The van der Waals surface area contributed by atoms with Crippen molar-refractivity contribution in [2.75, 3.05) is 6.54 Å². The van der Waals surface area contributed by atoms with E-state index >= 15 is 0 Å². The van der Waals surface area contributed by atoms with E-state index in [0.29, 0.717) is 13.0 Å². The number of rotatable bonds is 5. The Bertz CT molecular complexity index is 887. The number of furan rings is 1. The third kappa shape index (κ3) is 4.25. The molecule has 140 valence electrons. The van der Waals surface area contributed by atoms with Crippen LogP contribution in [0.15, 0.2) is 45.9 Å². The summed E-state index contributed by atoms with van der Waals surface area (Å²) in [6, 6.07) is 10.3. The Morgan fingerprint density at radius 2 is 1.92 bits per heavy atom. The Morgan fingerprint density at radius 3 is 2.62 bits per heavy atom. The van der Waals surface area contributed by atoms with E-state index < -0.39 is 21.5 Å². The fourth-order valence-corrected chi connectivity index (χ4v) is 4.05. The lowest BCUT2D eigenvalue weighted by molar-refractivity contribution is 0.0900. The minimum Gasteiger partial charge on any atom is -0.488 e. The molecule has 1 atom stereocenters. The fourth-order valence-electron chi connectivity index (χ4n) is 2.70. The molecule has 0 unspecified atom stereocenters. The summed E-state index contributed by atoms with van der Waals surface area (Å²) in [5, 5.41) is 2.43. The predicted molar refractivity (Wildman–Crippen MR) is 95.7 cm³/mol. The fraction of sp³-hybridized carbons (Fsp3) is 0.389. The summed E-state index contributed by atoms with van der Waals surface area (Å²) in [5.41, 5.74) is 0.453. The summed E-state index contributed by atoms with van der Waals surface area (Å²) in [4.78, 5) is 12.2. The summed E-state index contributed by atoms with van der Waals surface area (Å²) in [6.45, 7) is 5.47. The molecular formula is C18H22N2O5S. The maximum Gasteiger partial charge on any atom is 0.287 e. The van der Waals surface area contributed by atoms with Crippen molar-refractivity contribution in [3.63, 3.8) is 0 Å². The van der Waals surface area contributed by atoms with E-state index in [1.165, 1.54) is 12.1 Å². The van der Waals surface area contributed by atoms with Crippen molar-refractivity contribution in [1.29, 1.82) is 0 Å². The normalized spacial score (nSPS) is 16.8. The zero-order chi connectivity index (χ0) is 18.9. The van der Waals surface area contributed by atoms with Crippen LogP contribution in [0.2, 0.25) is 0 Å². The molecule has 0 saturated heterocycles. The smallest absolute Gasteiger partial charge is 0.287 e. The van der Waals surface area contributed by atoms with E-state index in [9.17, 15) is 13.2 Å². The van der Waals surface area contributed by atoms with Gasteiger partial charge < -0.3 is 14.5 Å². The van der Waals surface area contributed by atoms with Gasteiger partial charge in [0.2, 0.25) is 5.09 Å². The van der Waals surface area contributed by atoms with Gasteiger partial charge in [0.05, 0.1) is 6.54 Å². The summed E-state index contributed by atoms with van der Waals surface area (Å²) < 4.78 is 37.9. The van der Waals surface area contributed by atoms with Crippen LogP contribution in [-0.2, 0) is 16.4 Å². The number of hydrogen-bond donors (Lipinski definition) is 2. The molecule has 0 radical (unpaired) electrons. The van der Waals surface area contributed by atoms with E-state index in [1.807, 2.05) is 24.3 Å². The molecule has 0 aliphatic carbocycles. The van der Waals surface area contributed by atoms with Crippen LogP contribution in [0.3, 0.4) is 0 Å². The lowest BCUT2D eigenvalue weighted by Gasteiger charge is -2.19. The third-order valence-corrected chi connectivity index (χ3v) is 5.34. The largest absolute Gasteiger partial charge is 0.488 e. The van der Waals surface area contributed by atoms with Gasteiger partial charge in [-0.3, -0.25) is 4.79 Å². The monoisotopic (exact) mass is 378 g/mol. The number of para-hydroxylation sites is 1. The number of sulfonamides is 1. The van der Waals surface area contributed by atoms with Crippen molar-refractivity contribution < 1.29 is 22.4 Å². The Kier molecular flexibility index (Phi) is 4.81. The first kappa shape index (κ1) is 18.5. The zero-order valence-corrected chi connectivity index (χ0v) is 15.7. The molecule has 2 aromatic rings. The lowest BCUT2D eigenvalue weighted by Crippen LogP contribution is -2.40. The average Bonchev–Trinajstić information content (AvgIpc) is 3.17. The molecule has 1 aliphatic heterocycles. The predicted octanol–water partition coefficient (Wildman–Crippen LogP) is 2.09. The number of ether oxygens (including phenoxy) is 1. The standard InChI is InChI=1S/C18H22N2O5S/c1-18(2,3)20-26(22,23)16-9-8-15(25-16)17(21)19-11-13-10-12-6-4-5-7-14(12)24-13/h4-9,13,20H,10-11H2,1-3H3,(H,19,21)/t13-/m1/s1. The second kappa shape index (κ2) is 6.77. The molecule has 0 bridgehead atoms. The van der Waals surface area contributed by atoms with Gasteiger partial charge in [-0.15, -0.1) is 0 Å². The summed E-state index contributed by atoms with van der Waals surface area (Å²) in [5.74, 6) is 0.281. The molecule has 8 heteroatoms. The first-order valence-electron chi connectivity index (χ1n) is 8.31. The zero-order valence-electron chi connectivity index (χ0n) is 14.9. The van der Waals surface area contributed by atoms with Gasteiger partial charge >= 0.3 is 0 Å². The van der Waals surface area contributed by atoms with Crippen molar-refractivity contribution >= 4 is 15.9 Å². The lowest BCUT2D eigenvalue weighted by atomic mass is 10.1. The Labute approximate surface area is 152 Å². The van der Waals surface area contributed by atoms with Crippen LogP contribution < -0.4 is 14.8 Å². The highest BCUT2D eigenvalue weighted by Crippen LogP contribution is 2.27. The van der Waals surface area contributed by atoms with E-state index in [4.69, 9.17) is 9.15 Å². The van der Waals surface area contributed by atoms with Crippen molar-refractivity contribution in [3.8, 4) is 5.75 Å². The maximum atomic E-state index is 12.2. The van der Waals surface area contributed by atoms with Crippen molar-refractivity contribution in [2.24, 2.45) is 0 Å². The van der Waals surface area contributed by atoms with Crippen molar-refractivity contribution in [1.82, 2.24) is 10.0 Å². The van der Waals surface area contributed by atoms with Crippen molar-refractivity contribution in [2.45, 2.75) is 43.9 Å². The minimum absolute atomic E-state index is 0.0604. The highest BCUT2D eigenvalue weighted by molar-refractivity contribution is 7.89. The molecular weight excluding hydrogens is 356 g/mol. The van der Waals surface area contributed by atoms with Gasteiger partial charge in [-0.05, 0) is 44.5 Å². The Morgan fingerprint density at radius 1 is 1.19 bits per heavy atom. The molecule has 0 saturated carbocycles. The molecule has 3 rings (SSSR count). The molecule has 2 N–H and O–H groups in total. The summed E-state index contributed by atoms with van der Waals surface area (Å²) in [6.07, 6.45) is 0.557. The number of benzene rings is 1. The molecule has 0 spiro atoms. The van der Waals surface area contributed by atoms with Gasteiger partial charge in [0, 0.05) is 12.0 Å². The van der Waals surface area contributed by atoms with Crippen LogP contribution in [0.25, 0.3) is 0 Å². The number of amides is 1. The average molecular weight is 378 g/mol. The summed E-state index contributed by atoms with van der Waals surface area (Å²) in [7, 11) is -3.82. The van der Waals surface area contributed by atoms with Gasteiger partial charge in [0.1, 0.15) is 11.9 Å². The van der Waals surface area contributed by atoms with E-state index in [1.54, 1.807) is 20.8 Å². The van der Waals surface area contributed by atoms with Crippen LogP contribution in [-0.4, -0.2) is 32.5 Å². The van der Waals surface area contributed by atoms with Gasteiger partial charge in [0.15, 0.2) is 5.76 Å². The first-order valence-corrected chi connectivity index (χ1v) is 9.79. The highest BCUT2D eigenvalue weighted by Gasteiger charge is 2.27. The number of carbonyl (C=O) groups is 1. The number of carbonyl (C=O) groups excluding carboxylic acids is 1. The highest BCUT2D eigenvalue weighted by atomic mass is 32.2.